The summed E-state index contributed by atoms with van der Waals surface area (Å²) in [5, 5.41) is 2.83. The van der Waals surface area contributed by atoms with Gasteiger partial charge in [0.15, 0.2) is 0 Å². The predicted molar refractivity (Wildman–Crippen MR) is 111 cm³/mol. The maximum absolute atomic E-state index is 12.8. The quantitative estimate of drug-likeness (QED) is 0.712. The van der Waals surface area contributed by atoms with Crippen molar-refractivity contribution >= 4 is 21.6 Å². The molecule has 1 aliphatic heterocycles. The number of methoxy groups -OCH3 is 2. The number of ether oxygens (including phenoxy) is 2. The molecule has 2 aromatic rings. The van der Waals surface area contributed by atoms with Gasteiger partial charge in [0.2, 0.25) is 15.9 Å². The summed E-state index contributed by atoms with van der Waals surface area (Å²) in [5.41, 5.74) is 1.37. The van der Waals surface area contributed by atoms with E-state index in [1.54, 1.807) is 49.6 Å². The second kappa shape index (κ2) is 9.28. The van der Waals surface area contributed by atoms with Crippen molar-refractivity contribution in [3.63, 3.8) is 0 Å². The van der Waals surface area contributed by atoms with E-state index in [0.717, 1.165) is 12.8 Å². The third kappa shape index (κ3) is 5.07. The van der Waals surface area contributed by atoms with E-state index in [0.29, 0.717) is 42.3 Å². The Hall–Kier alpha value is -2.58. The van der Waals surface area contributed by atoms with Crippen LogP contribution in [-0.2, 0) is 21.2 Å². The van der Waals surface area contributed by atoms with Crippen molar-refractivity contribution in [2.24, 2.45) is 0 Å². The number of sulfonamides is 1. The molecule has 1 heterocycles. The summed E-state index contributed by atoms with van der Waals surface area (Å²) in [6.45, 7) is 1.10. The van der Waals surface area contributed by atoms with Gasteiger partial charge in [-0.05, 0) is 67.3 Å². The summed E-state index contributed by atoms with van der Waals surface area (Å²) in [6.07, 6.45) is 2.34. The first-order chi connectivity index (χ1) is 13.9. The highest BCUT2D eigenvalue weighted by Crippen LogP contribution is 2.27. The molecule has 0 saturated carbocycles. The Balaban J connectivity index is 1.69. The molecule has 1 saturated heterocycles. The van der Waals surface area contributed by atoms with Gasteiger partial charge in [0.1, 0.15) is 11.5 Å². The van der Waals surface area contributed by atoms with Gasteiger partial charge >= 0.3 is 0 Å². The number of rotatable bonds is 8. The topological polar surface area (TPSA) is 84.9 Å². The molecule has 2 aromatic carbocycles. The monoisotopic (exact) mass is 418 g/mol. The van der Waals surface area contributed by atoms with E-state index in [1.165, 1.54) is 11.4 Å². The number of nitrogens with zero attached hydrogens (tertiary/aromatic N) is 1. The maximum atomic E-state index is 12.8. The number of carbonyl (C=O) groups is 1. The third-order valence-electron chi connectivity index (χ3n) is 4.95. The Kier molecular flexibility index (Phi) is 6.76. The van der Waals surface area contributed by atoms with Gasteiger partial charge in [-0.1, -0.05) is 0 Å². The number of anilines is 1. The molecule has 1 N–H and O–H groups in total. The Labute approximate surface area is 171 Å². The molecule has 29 heavy (non-hydrogen) atoms. The molecule has 7 nitrogen and oxygen atoms in total. The van der Waals surface area contributed by atoms with Crippen LogP contribution >= 0.6 is 0 Å². The molecule has 3 rings (SSSR count). The average Bonchev–Trinajstić information content (AvgIpc) is 3.28. The van der Waals surface area contributed by atoms with Crippen LogP contribution in [0.2, 0.25) is 0 Å². The normalized spacial score (nSPS) is 14.6. The van der Waals surface area contributed by atoms with Crippen LogP contribution < -0.4 is 14.8 Å². The summed E-state index contributed by atoms with van der Waals surface area (Å²) < 4.78 is 37.6. The number of hydrogen-bond acceptors (Lipinski definition) is 5. The fourth-order valence-corrected chi connectivity index (χ4v) is 4.90. The first kappa shape index (κ1) is 21.1. The second-order valence-corrected chi connectivity index (χ2v) is 8.80. The predicted octanol–water partition coefficient (Wildman–Crippen LogP) is 3.06. The van der Waals surface area contributed by atoms with Gasteiger partial charge in [0, 0.05) is 25.2 Å². The lowest BCUT2D eigenvalue weighted by atomic mass is 10.1. The van der Waals surface area contributed by atoms with Gasteiger partial charge in [0.05, 0.1) is 19.1 Å². The number of aryl methyl sites for hydroxylation is 1. The van der Waals surface area contributed by atoms with E-state index < -0.39 is 10.0 Å². The molecule has 0 bridgehead atoms. The van der Waals surface area contributed by atoms with E-state index in [2.05, 4.69) is 5.32 Å². The maximum Gasteiger partial charge on any atom is 0.243 e. The minimum absolute atomic E-state index is 0.162. The van der Waals surface area contributed by atoms with Crippen LogP contribution in [0.1, 0.15) is 24.8 Å². The zero-order valence-electron chi connectivity index (χ0n) is 16.7. The van der Waals surface area contributed by atoms with E-state index in [1.807, 2.05) is 0 Å². The molecule has 0 aliphatic carbocycles. The van der Waals surface area contributed by atoms with Crippen LogP contribution in [0.3, 0.4) is 0 Å². The molecule has 156 valence electrons. The summed E-state index contributed by atoms with van der Waals surface area (Å²) in [7, 11) is -0.400. The molecular weight excluding hydrogens is 392 g/mol. The highest BCUT2D eigenvalue weighted by Gasteiger charge is 2.27. The van der Waals surface area contributed by atoms with Gasteiger partial charge in [-0.2, -0.15) is 4.31 Å². The second-order valence-electron chi connectivity index (χ2n) is 6.86. The minimum Gasteiger partial charge on any atom is -0.497 e. The zero-order chi connectivity index (χ0) is 20.9. The van der Waals surface area contributed by atoms with Gasteiger partial charge < -0.3 is 14.8 Å². The summed E-state index contributed by atoms with van der Waals surface area (Å²) in [6, 6.07) is 11.9. The summed E-state index contributed by atoms with van der Waals surface area (Å²) in [5.74, 6) is 1.12. The van der Waals surface area contributed by atoms with E-state index in [9.17, 15) is 13.2 Å². The molecule has 0 radical (unpaired) electrons. The van der Waals surface area contributed by atoms with Crippen molar-refractivity contribution in [1.29, 1.82) is 0 Å². The highest BCUT2D eigenvalue weighted by molar-refractivity contribution is 7.89. The van der Waals surface area contributed by atoms with Crippen LogP contribution in [-0.4, -0.2) is 45.9 Å². The Morgan fingerprint density at radius 2 is 1.72 bits per heavy atom. The van der Waals surface area contributed by atoms with Crippen molar-refractivity contribution in [1.82, 2.24) is 4.31 Å². The van der Waals surface area contributed by atoms with Crippen LogP contribution in [0.25, 0.3) is 0 Å². The van der Waals surface area contributed by atoms with Crippen LogP contribution in [0.15, 0.2) is 47.4 Å². The van der Waals surface area contributed by atoms with Crippen molar-refractivity contribution in [3.8, 4) is 11.5 Å². The summed E-state index contributed by atoms with van der Waals surface area (Å²) in [4.78, 5) is 12.6. The van der Waals surface area contributed by atoms with Crippen molar-refractivity contribution in [3.05, 3.63) is 48.0 Å². The van der Waals surface area contributed by atoms with Crippen LogP contribution in [0.5, 0.6) is 11.5 Å². The number of benzene rings is 2. The zero-order valence-corrected chi connectivity index (χ0v) is 17.5. The van der Waals surface area contributed by atoms with Gasteiger partial charge in [-0.3, -0.25) is 4.79 Å². The lowest BCUT2D eigenvalue weighted by Gasteiger charge is -2.17. The Bertz CT molecular complexity index is 952. The molecule has 1 fully saturated rings. The average molecular weight is 419 g/mol. The minimum atomic E-state index is -3.51. The van der Waals surface area contributed by atoms with Gasteiger partial charge in [-0.15, -0.1) is 0 Å². The molecule has 8 heteroatoms. The molecule has 1 aliphatic rings. The SMILES string of the molecule is COc1ccc(NC(=O)CCc2cc(S(=O)(=O)N3CCCC3)ccc2OC)cc1. The lowest BCUT2D eigenvalue weighted by Crippen LogP contribution is -2.28. The van der Waals surface area contributed by atoms with Crippen molar-refractivity contribution < 1.29 is 22.7 Å². The van der Waals surface area contributed by atoms with Crippen LogP contribution in [0, 0.1) is 0 Å². The molecule has 0 spiro atoms. The molecule has 0 aromatic heterocycles. The number of nitrogens with one attached hydrogen (secondary N) is 1. The van der Waals surface area contributed by atoms with Crippen LogP contribution in [0.4, 0.5) is 5.69 Å². The van der Waals surface area contributed by atoms with Gasteiger partial charge in [0.25, 0.3) is 0 Å². The Morgan fingerprint density at radius 3 is 2.34 bits per heavy atom. The highest BCUT2D eigenvalue weighted by atomic mass is 32.2. The van der Waals surface area contributed by atoms with E-state index >= 15 is 0 Å². The third-order valence-corrected chi connectivity index (χ3v) is 6.84. The summed E-state index contributed by atoms with van der Waals surface area (Å²) >= 11 is 0. The molecule has 0 unspecified atom stereocenters. The molecule has 1 amide bonds. The van der Waals surface area contributed by atoms with E-state index in [4.69, 9.17) is 9.47 Å². The lowest BCUT2D eigenvalue weighted by molar-refractivity contribution is -0.116. The molecular formula is C21H26N2O5S. The fourth-order valence-electron chi connectivity index (χ4n) is 3.33. The van der Waals surface area contributed by atoms with Crippen molar-refractivity contribution in [2.45, 2.75) is 30.6 Å². The Morgan fingerprint density at radius 1 is 1.03 bits per heavy atom. The van der Waals surface area contributed by atoms with Crippen molar-refractivity contribution in [2.75, 3.05) is 32.6 Å². The fraction of sp³-hybridized carbons (Fsp3) is 0.381. The number of amides is 1. The first-order valence-corrected chi connectivity index (χ1v) is 11.0. The van der Waals surface area contributed by atoms with Gasteiger partial charge in [-0.25, -0.2) is 8.42 Å². The smallest absolute Gasteiger partial charge is 0.243 e. The number of carbonyl (C=O) groups excluding carboxylic acids is 1. The first-order valence-electron chi connectivity index (χ1n) is 9.55. The number of hydrogen-bond donors (Lipinski definition) is 1. The van der Waals surface area contributed by atoms with E-state index in [-0.39, 0.29) is 17.2 Å². The standard InChI is InChI=1S/C21H26N2O5S/c1-27-18-8-6-17(7-9-18)22-21(24)12-5-16-15-19(10-11-20(16)28-2)29(25,26)23-13-3-4-14-23/h6-11,15H,3-5,12-14H2,1-2H3,(H,22,24). The molecule has 0 atom stereocenters. The largest absolute Gasteiger partial charge is 0.497 e.